The minimum atomic E-state index is -0.459. The molecule has 1 amide bonds. The SMILES string of the molecule is O=C1CC(NCc2cc(F)ccc2F)CN1. The summed E-state index contributed by atoms with van der Waals surface area (Å²) < 4.78 is 26.1. The van der Waals surface area contributed by atoms with Crippen LogP contribution in [0.5, 0.6) is 0 Å². The van der Waals surface area contributed by atoms with Crippen molar-refractivity contribution < 1.29 is 13.6 Å². The van der Waals surface area contributed by atoms with Crippen molar-refractivity contribution in [2.45, 2.75) is 19.0 Å². The van der Waals surface area contributed by atoms with Crippen LogP contribution in [-0.2, 0) is 11.3 Å². The molecule has 1 aromatic rings. The lowest BCUT2D eigenvalue weighted by atomic mass is 10.2. The van der Waals surface area contributed by atoms with E-state index in [9.17, 15) is 13.6 Å². The fraction of sp³-hybridized carbons (Fsp3) is 0.364. The number of hydrogen-bond donors (Lipinski definition) is 2. The average molecular weight is 226 g/mol. The molecule has 1 aromatic carbocycles. The normalized spacial score (nSPS) is 19.9. The van der Waals surface area contributed by atoms with Crippen LogP contribution in [0.15, 0.2) is 18.2 Å². The van der Waals surface area contributed by atoms with Crippen LogP contribution >= 0.6 is 0 Å². The molecule has 0 spiro atoms. The monoisotopic (exact) mass is 226 g/mol. The molecule has 3 nitrogen and oxygen atoms in total. The molecule has 1 aliphatic heterocycles. The zero-order valence-corrected chi connectivity index (χ0v) is 8.59. The van der Waals surface area contributed by atoms with Crippen molar-refractivity contribution in [1.29, 1.82) is 0 Å². The summed E-state index contributed by atoms with van der Waals surface area (Å²) in [5.74, 6) is -0.915. The molecule has 0 aromatic heterocycles. The third-order valence-electron chi connectivity index (χ3n) is 2.57. The summed E-state index contributed by atoms with van der Waals surface area (Å²) in [6.45, 7) is 0.763. The molecule has 1 aliphatic rings. The van der Waals surface area contributed by atoms with Gasteiger partial charge in [-0.05, 0) is 18.2 Å². The van der Waals surface area contributed by atoms with Gasteiger partial charge < -0.3 is 10.6 Å². The second-order valence-corrected chi connectivity index (χ2v) is 3.82. The fourth-order valence-corrected chi connectivity index (χ4v) is 1.68. The zero-order valence-electron chi connectivity index (χ0n) is 8.59. The highest BCUT2D eigenvalue weighted by molar-refractivity contribution is 5.78. The molecule has 1 heterocycles. The van der Waals surface area contributed by atoms with Crippen LogP contribution in [0.4, 0.5) is 8.78 Å². The van der Waals surface area contributed by atoms with Crippen LogP contribution in [0.1, 0.15) is 12.0 Å². The van der Waals surface area contributed by atoms with E-state index in [4.69, 9.17) is 0 Å². The lowest BCUT2D eigenvalue weighted by Gasteiger charge is -2.10. The van der Waals surface area contributed by atoms with Gasteiger partial charge in [0.05, 0.1) is 0 Å². The Bertz CT molecular complexity index is 409. The maximum Gasteiger partial charge on any atom is 0.221 e. The van der Waals surface area contributed by atoms with Crippen molar-refractivity contribution in [3.63, 3.8) is 0 Å². The minimum absolute atomic E-state index is 0.00447. The highest BCUT2D eigenvalue weighted by atomic mass is 19.1. The minimum Gasteiger partial charge on any atom is -0.354 e. The topological polar surface area (TPSA) is 41.1 Å². The van der Waals surface area contributed by atoms with Crippen LogP contribution in [-0.4, -0.2) is 18.5 Å². The van der Waals surface area contributed by atoms with Gasteiger partial charge in [-0.3, -0.25) is 4.79 Å². The molecule has 1 atom stereocenters. The predicted molar refractivity (Wildman–Crippen MR) is 54.6 cm³/mol. The molecule has 0 aliphatic carbocycles. The van der Waals surface area contributed by atoms with Crippen molar-refractivity contribution >= 4 is 5.91 Å². The van der Waals surface area contributed by atoms with Gasteiger partial charge in [-0.25, -0.2) is 8.78 Å². The Morgan fingerprint density at radius 1 is 1.44 bits per heavy atom. The maximum absolute atomic E-state index is 13.2. The van der Waals surface area contributed by atoms with Crippen LogP contribution < -0.4 is 10.6 Å². The number of rotatable bonds is 3. The molecule has 2 rings (SSSR count). The molecule has 16 heavy (non-hydrogen) atoms. The summed E-state index contributed by atoms with van der Waals surface area (Å²) in [6, 6.07) is 3.34. The van der Waals surface area contributed by atoms with E-state index in [1.54, 1.807) is 0 Å². The van der Waals surface area contributed by atoms with Crippen molar-refractivity contribution in [3.05, 3.63) is 35.4 Å². The first-order chi connectivity index (χ1) is 7.65. The molecule has 1 fully saturated rings. The number of hydrogen-bond acceptors (Lipinski definition) is 2. The van der Waals surface area contributed by atoms with Crippen LogP contribution in [0.25, 0.3) is 0 Å². The number of amides is 1. The van der Waals surface area contributed by atoms with Gasteiger partial charge in [0.2, 0.25) is 5.91 Å². The third-order valence-corrected chi connectivity index (χ3v) is 2.57. The third kappa shape index (κ3) is 2.55. The highest BCUT2D eigenvalue weighted by Gasteiger charge is 2.20. The molecule has 1 unspecified atom stereocenters. The molecule has 2 N–H and O–H groups in total. The summed E-state index contributed by atoms with van der Waals surface area (Å²) in [6.07, 6.45) is 0.386. The van der Waals surface area contributed by atoms with Gasteiger partial charge in [0.1, 0.15) is 11.6 Å². The van der Waals surface area contributed by atoms with Gasteiger partial charge >= 0.3 is 0 Å². The number of benzene rings is 1. The van der Waals surface area contributed by atoms with E-state index in [2.05, 4.69) is 10.6 Å². The van der Waals surface area contributed by atoms with Crippen LogP contribution in [0.3, 0.4) is 0 Å². The summed E-state index contributed by atoms with van der Waals surface area (Å²) in [5.41, 5.74) is 0.277. The van der Waals surface area contributed by atoms with Gasteiger partial charge in [-0.2, -0.15) is 0 Å². The quantitative estimate of drug-likeness (QED) is 0.805. The Morgan fingerprint density at radius 3 is 2.94 bits per heavy atom. The van der Waals surface area contributed by atoms with E-state index >= 15 is 0 Å². The summed E-state index contributed by atoms with van der Waals surface area (Å²) in [5, 5.41) is 5.67. The lowest BCUT2D eigenvalue weighted by molar-refractivity contribution is -0.119. The summed E-state index contributed by atoms with van der Waals surface area (Å²) in [7, 11) is 0. The highest BCUT2D eigenvalue weighted by Crippen LogP contribution is 2.10. The van der Waals surface area contributed by atoms with E-state index in [0.29, 0.717) is 13.0 Å². The fourth-order valence-electron chi connectivity index (χ4n) is 1.68. The van der Waals surface area contributed by atoms with E-state index < -0.39 is 11.6 Å². The molecule has 5 heteroatoms. The second-order valence-electron chi connectivity index (χ2n) is 3.82. The maximum atomic E-state index is 13.2. The largest absolute Gasteiger partial charge is 0.354 e. The Balaban J connectivity index is 1.94. The first-order valence-corrected chi connectivity index (χ1v) is 5.09. The molecule has 0 saturated carbocycles. The number of carbonyl (C=O) groups is 1. The van der Waals surface area contributed by atoms with Crippen molar-refractivity contribution in [1.82, 2.24) is 10.6 Å². The molecular weight excluding hydrogens is 214 g/mol. The van der Waals surface area contributed by atoms with Gasteiger partial charge in [-0.1, -0.05) is 0 Å². The van der Waals surface area contributed by atoms with E-state index in [0.717, 1.165) is 18.2 Å². The Labute approximate surface area is 91.8 Å². The van der Waals surface area contributed by atoms with Crippen LogP contribution in [0.2, 0.25) is 0 Å². The number of carbonyl (C=O) groups excluding carboxylic acids is 1. The van der Waals surface area contributed by atoms with Gasteiger partial charge in [0.25, 0.3) is 0 Å². The van der Waals surface area contributed by atoms with Crippen molar-refractivity contribution in [3.8, 4) is 0 Å². The Hall–Kier alpha value is -1.49. The molecule has 0 radical (unpaired) electrons. The van der Waals surface area contributed by atoms with Gasteiger partial charge in [0.15, 0.2) is 0 Å². The van der Waals surface area contributed by atoms with Gasteiger partial charge in [-0.15, -0.1) is 0 Å². The molecule has 86 valence electrons. The van der Waals surface area contributed by atoms with Gasteiger partial charge in [0, 0.05) is 31.1 Å². The summed E-state index contributed by atoms with van der Waals surface area (Å²) in [4.78, 5) is 10.9. The predicted octanol–water partition coefficient (Wildman–Crippen LogP) is 0.943. The second kappa shape index (κ2) is 4.57. The Kier molecular flexibility index (Phi) is 3.14. The molecular formula is C11H12F2N2O. The first kappa shape index (κ1) is 11.0. The van der Waals surface area contributed by atoms with E-state index in [1.165, 1.54) is 0 Å². The number of nitrogens with one attached hydrogen (secondary N) is 2. The lowest BCUT2D eigenvalue weighted by Crippen LogP contribution is -2.30. The molecule has 1 saturated heterocycles. The molecule has 0 bridgehead atoms. The summed E-state index contributed by atoms with van der Waals surface area (Å²) >= 11 is 0. The van der Waals surface area contributed by atoms with Crippen molar-refractivity contribution in [2.75, 3.05) is 6.54 Å². The standard InChI is InChI=1S/C11H12F2N2O/c12-8-1-2-10(13)7(3-8)5-14-9-4-11(16)15-6-9/h1-3,9,14H,4-6H2,(H,15,16). The smallest absolute Gasteiger partial charge is 0.221 e. The van der Waals surface area contributed by atoms with Crippen LogP contribution in [0, 0.1) is 11.6 Å². The Morgan fingerprint density at radius 2 is 2.25 bits per heavy atom. The first-order valence-electron chi connectivity index (χ1n) is 5.09. The average Bonchev–Trinajstić information content (AvgIpc) is 2.66. The number of halogens is 2. The zero-order chi connectivity index (χ0) is 11.5. The van der Waals surface area contributed by atoms with E-state index in [-0.39, 0.29) is 24.1 Å². The van der Waals surface area contributed by atoms with Crippen molar-refractivity contribution in [2.24, 2.45) is 0 Å². The van der Waals surface area contributed by atoms with E-state index in [1.807, 2.05) is 0 Å².